The maximum atomic E-state index is 10.9. The standard InChI is InChI=1S/C24H24N4O2S/c1-24(2,3)16-6-11-20-21(14-25)23(31-22(20)13-16)26-15-19-5-4-12-27(19)17-7-9-18(10-8-17)28(29)30/h4-5,7-10,12,15-16H,6,11,13H2,1-3H3/t16-/m1/s1. The zero-order valence-electron chi connectivity index (χ0n) is 17.8. The molecule has 0 amide bonds. The Morgan fingerprint density at radius 3 is 2.68 bits per heavy atom. The summed E-state index contributed by atoms with van der Waals surface area (Å²) in [5.74, 6) is 0.612. The molecule has 7 heteroatoms. The van der Waals surface area contributed by atoms with Gasteiger partial charge in [0, 0.05) is 28.9 Å². The van der Waals surface area contributed by atoms with Crippen LogP contribution in [0.5, 0.6) is 0 Å². The van der Waals surface area contributed by atoms with Gasteiger partial charge in [-0.25, -0.2) is 4.99 Å². The van der Waals surface area contributed by atoms with E-state index in [4.69, 9.17) is 0 Å². The molecule has 6 nitrogen and oxygen atoms in total. The molecule has 0 saturated heterocycles. The van der Waals surface area contributed by atoms with E-state index in [0.29, 0.717) is 11.5 Å². The van der Waals surface area contributed by atoms with E-state index in [1.807, 2.05) is 22.9 Å². The van der Waals surface area contributed by atoms with Crippen molar-refractivity contribution < 1.29 is 4.92 Å². The van der Waals surface area contributed by atoms with Crippen LogP contribution in [0, 0.1) is 32.8 Å². The van der Waals surface area contributed by atoms with Crippen molar-refractivity contribution in [3.63, 3.8) is 0 Å². The van der Waals surface area contributed by atoms with Gasteiger partial charge >= 0.3 is 0 Å². The van der Waals surface area contributed by atoms with Gasteiger partial charge in [0.25, 0.3) is 5.69 Å². The Bertz CT molecular complexity index is 1190. The normalized spacial score (nSPS) is 16.3. The number of fused-ring (bicyclic) bond motifs is 1. The van der Waals surface area contributed by atoms with Crippen LogP contribution in [0.15, 0.2) is 47.6 Å². The number of thiophene rings is 1. The first-order chi connectivity index (χ1) is 14.8. The minimum atomic E-state index is -0.409. The first-order valence-corrected chi connectivity index (χ1v) is 11.1. The average molecular weight is 433 g/mol. The van der Waals surface area contributed by atoms with Crippen LogP contribution in [-0.2, 0) is 12.8 Å². The molecule has 0 unspecified atom stereocenters. The molecule has 0 N–H and O–H groups in total. The fourth-order valence-corrected chi connectivity index (χ4v) is 5.33. The molecule has 1 aliphatic carbocycles. The number of nitro benzene ring substituents is 1. The predicted molar refractivity (Wildman–Crippen MR) is 124 cm³/mol. The Balaban J connectivity index is 1.62. The van der Waals surface area contributed by atoms with Gasteiger partial charge in [0.2, 0.25) is 0 Å². The lowest BCUT2D eigenvalue weighted by Gasteiger charge is -2.33. The Kier molecular flexibility index (Phi) is 5.50. The van der Waals surface area contributed by atoms with Gasteiger partial charge in [0.1, 0.15) is 11.1 Å². The maximum absolute atomic E-state index is 10.9. The van der Waals surface area contributed by atoms with Gasteiger partial charge in [-0.05, 0) is 60.4 Å². The first-order valence-electron chi connectivity index (χ1n) is 10.3. The summed E-state index contributed by atoms with van der Waals surface area (Å²) in [5, 5.41) is 21.4. The van der Waals surface area contributed by atoms with Crippen LogP contribution in [0.25, 0.3) is 5.69 Å². The van der Waals surface area contributed by atoms with Crippen LogP contribution in [-0.4, -0.2) is 15.7 Å². The monoisotopic (exact) mass is 432 g/mol. The quantitative estimate of drug-likeness (QED) is 0.279. The van der Waals surface area contributed by atoms with E-state index in [1.54, 1.807) is 29.7 Å². The average Bonchev–Trinajstić information content (AvgIpc) is 3.34. The summed E-state index contributed by atoms with van der Waals surface area (Å²) in [6.07, 6.45) is 6.70. The Morgan fingerprint density at radius 1 is 1.29 bits per heavy atom. The molecule has 0 saturated carbocycles. The van der Waals surface area contributed by atoms with Crippen molar-refractivity contribution in [3.8, 4) is 11.8 Å². The molecule has 0 spiro atoms. The van der Waals surface area contributed by atoms with Crippen molar-refractivity contribution in [3.05, 3.63) is 74.4 Å². The number of nitriles is 1. The molecule has 3 aromatic rings. The van der Waals surface area contributed by atoms with E-state index < -0.39 is 4.92 Å². The number of nitro groups is 1. The van der Waals surface area contributed by atoms with Crippen molar-refractivity contribution in [1.29, 1.82) is 5.26 Å². The molecule has 31 heavy (non-hydrogen) atoms. The van der Waals surface area contributed by atoms with E-state index in [9.17, 15) is 15.4 Å². The molecular weight excluding hydrogens is 408 g/mol. The minimum absolute atomic E-state index is 0.0579. The molecule has 1 aliphatic rings. The van der Waals surface area contributed by atoms with Gasteiger partial charge in [-0.2, -0.15) is 5.26 Å². The topological polar surface area (TPSA) is 84.2 Å². The largest absolute Gasteiger partial charge is 0.316 e. The van der Waals surface area contributed by atoms with Crippen molar-refractivity contribution in [2.75, 3.05) is 0 Å². The van der Waals surface area contributed by atoms with E-state index in [2.05, 4.69) is 31.8 Å². The third kappa shape index (κ3) is 4.17. The lowest BCUT2D eigenvalue weighted by molar-refractivity contribution is -0.384. The van der Waals surface area contributed by atoms with Gasteiger partial charge in [-0.3, -0.25) is 10.1 Å². The molecule has 4 rings (SSSR count). The molecule has 1 atom stereocenters. The van der Waals surface area contributed by atoms with Crippen LogP contribution >= 0.6 is 11.3 Å². The highest BCUT2D eigenvalue weighted by Crippen LogP contribution is 2.44. The Hall–Kier alpha value is -3.24. The molecule has 158 valence electrons. The SMILES string of the molecule is CC(C)(C)[C@@H]1CCc2c(sc(N=Cc3cccn3-c3ccc([N+](=O)[O-])cc3)c2C#N)C1. The van der Waals surface area contributed by atoms with Crippen LogP contribution < -0.4 is 0 Å². The predicted octanol–water partition coefficient (Wildman–Crippen LogP) is 6.22. The fraction of sp³-hybridized carbons (Fsp3) is 0.333. The minimum Gasteiger partial charge on any atom is -0.316 e. The van der Waals surface area contributed by atoms with Crippen LogP contribution in [0.2, 0.25) is 0 Å². The second-order valence-corrected chi connectivity index (χ2v) is 10.0. The van der Waals surface area contributed by atoms with E-state index in [0.717, 1.165) is 35.6 Å². The number of rotatable bonds is 4. The molecule has 2 heterocycles. The molecule has 0 fully saturated rings. The summed E-state index contributed by atoms with van der Waals surface area (Å²) in [4.78, 5) is 16.5. The van der Waals surface area contributed by atoms with Gasteiger partial charge < -0.3 is 4.57 Å². The summed E-state index contributed by atoms with van der Waals surface area (Å²) in [6, 6.07) is 12.6. The van der Waals surface area contributed by atoms with E-state index in [1.165, 1.54) is 22.6 Å². The van der Waals surface area contributed by atoms with Gasteiger partial charge in [0.15, 0.2) is 0 Å². The van der Waals surface area contributed by atoms with Crippen molar-refractivity contribution >= 4 is 28.2 Å². The fourth-order valence-electron chi connectivity index (χ4n) is 4.11. The number of benzene rings is 1. The lowest BCUT2D eigenvalue weighted by Crippen LogP contribution is -2.26. The Labute approximate surface area is 185 Å². The third-order valence-electron chi connectivity index (χ3n) is 6.02. The van der Waals surface area contributed by atoms with Crippen LogP contribution in [0.4, 0.5) is 10.7 Å². The van der Waals surface area contributed by atoms with Gasteiger partial charge in [-0.15, -0.1) is 11.3 Å². The number of non-ortho nitro benzene ring substituents is 1. The molecule has 0 bridgehead atoms. The summed E-state index contributed by atoms with van der Waals surface area (Å²) in [7, 11) is 0. The smallest absolute Gasteiger partial charge is 0.269 e. The molecule has 0 radical (unpaired) electrons. The molecule has 1 aromatic carbocycles. The van der Waals surface area contributed by atoms with Crippen molar-refractivity contribution in [2.24, 2.45) is 16.3 Å². The summed E-state index contributed by atoms with van der Waals surface area (Å²) < 4.78 is 1.92. The first kappa shape index (κ1) is 21.0. The van der Waals surface area contributed by atoms with Crippen molar-refractivity contribution in [2.45, 2.75) is 40.0 Å². The second-order valence-electron chi connectivity index (χ2n) is 8.94. The zero-order valence-corrected chi connectivity index (χ0v) is 18.6. The van der Waals surface area contributed by atoms with E-state index in [-0.39, 0.29) is 11.1 Å². The zero-order chi connectivity index (χ0) is 22.2. The van der Waals surface area contributed by atoms with E-state index >= 15 is 0 Å². The maximum Gasteiger partial charge on any atom is 0.269 e. The summed E-state index contributed by atoms with van der Waals surface area (Å²) in [5.41, 5.74) is 3.85. The van der Waals surface area contributed by atoms with Gasteiger partial charge in [0.05, 0.1) is 22.4 Å². The van der Waals surface area contributed by atoms with Crippen LogP contribution in [0.3, 0.4) is 0 Å². The third-order valence-corrected chi connectivity index (χ3v) is 7.18. The number of aliphatic imine (C=N–C) groups is 1. The number of nitrogens with zero attached hydrogens (tertiary/aromatic N) is 4. The van der Waals surface area contributed by atoms with Crippen LogP contribution in [0.1, 0.15) is 48.9 Å². The van der Waals surface area contributed by atoms with Gasteiger partial charge in [-0.1, -0.05) is 20.8 Å². The highest BCUT2D eigenvalue weighted by Gasteiger charge is 2.32. The number of hydrogen-bond acceptors (Lipinski definition) is 5. The highest BCUT2D eigenvalue weighted by molar-refractivity contribution is 7.16. The summed E-state index contributed by atoms with van der Waals surface area (Å²) in [6.45, 7) is 6.85. The molecule has 0 aliphatic heterocycles. The Morgan fingerprint density at radius 2 is 2.03 bits per heavy atom. The number of hydrogen-bond donors (Lipinski definition) is 0. The summed E-state index contributed by atoms with van der Waals surface area (Å²) >= 11 is 1.63. The second kappa shape index (κ2) is 8.12. The molecule has 2 aromatic heterocycles. The molecular formula is C24H24N4O2S. The number of aromatic nitrogens is 1. The lowest BCUT2D eigenvalue weighted by atomic mass is 9.72. The van der Waals surface area contributed by atoms with Crippen molar-refractivity contribution in [1.82, 2.24) is 4.57 Å². The highest BCUT2D eigenvalue weighted by atomic mass is 32.1.